The zero-order chi connectivity index (χ0) is 14.5. The fourth-order valence-corrected chi connectivity index (χ4v) is 2.27. The van der Waals surface area contributed by atoms with Crippen LogP contribution < -0.4 is 15.8 Å². The molecular formula is C13H16N4O2S. The van der Waals surface area contributed by atoms with Crippen LogP contribution in [0, 0.1) is 0 Å². The summed E-state index contributed by atoms with van der Waals surface area (Å²) in [6, 6.07) is 7.59. The van der Waals surface area contributed by atoms with Gasteiger partial charge in [0.15, 0.2) is 0 Å². The van der Waals surface area contributed by atoms with Gasteiger partial charge in [0.25, 0.3) is 0 Å². The summed E-state index contributed by atoms with van der Waals surface area (Å²) in [5.74, 6) is 0.526. The number of carbonyl (C=O) groups is 1. The van der Waals surface area contributed by atoms with Crippen molar-refractivity contribution >= 4 is 22.4 Å². The first kappa shape index (κ1) is 14.4. The normalized spacial score (nSPS) is 10.6. The monoisotopic (exact) mass is 292 g/mol. The Labute approximate surface area is 121 Å². The average Bonchev–Trinajstić information content (AvgIpc) is 2.87. The van der Waals surface area contributed by atoms with Crippen LogP contribution in [-0.2, 0) is 4.79 Å². The van der Waals surface area contributed by atoms with Crippen molar-refractivity contribution in [3.63, 3.8) is 0 Å². The zero-order valence-electron chi connectivity index (χ0n) is 11.3. The highest BCUT2D eigenvalue weighted by Crippen LogP contribution is 2.27. The average molecular weight is 292 g/mol. The van der Waals surface area contributed by atoms with Crippen molar-refractivity contribution in [2.75, 3.05) is 11.9 Å². The van der Waals surface area contributed by atoms with E-state index < -0.39 is 0 Å². The predicted octanol–water partition coefficient (Wildman–Crippen LogP) is 1.89. The first-order valence-electron chi connectivity index (χ1n) is 6.19. The van der Waals surface area contributed by atoms with E-state index in [1.54, 1.807) is 0 Å². The van der Waals surface area contributed by atoms with Crippen LogP contribution in [0.4, 0.5) is 5.13 Å². The molecule has 1 amide bonds. The molecule has 0 atom stereocenters. The third-order valence-corrected chi connectivity index (χ3v) is 3.22. The number of hydrogen-bond donors (Lipinski definition) is 2. The van der Waals surface area contributed by atoms with Gasteiger partial charge in [0.2, 0.25) is 11.0 Å². The number of nitrogens with two attached hydrogens (primary N) is 1. The summed E-state index contributed by atoms with van der Waals surface area (Å²) in [6.45, 7) is 3.88. The first-order chi connectivity index (χ1) is 9.58. The molecule has 0 radical (unpaired) electrons. The Bertz CT molecular complexity index is 580. The highest BCUT2D eigenvalue weighted by atomic mass is 32.1. The van der Waals surface area contributed by atoms with E-state index in [0.717, 1.165) is 16.3 Å². The summed E-state index contributed by atoms with van der Waals surface area (Å²) in [4.78, 5) is 11.2. The molecule has 0 saturated carbocycles. The van der Waals surface area contributed by atoms with Crippen LogP contribution in [0.3, 0.4) is 0 Å². The highest BCUT2D eigenvalue weighted by molar-refractivity contribution is 7.18. The lowest BCUT2D eigenvalue weighted by atomic mass is 10.2. The molecule has 3 N–H and O–H groups in total. The second-order valence-corrected chi connectivity index (χ2v) is 5.33. The number of aromatic nitrogens is 2. The van der Waals surface area contributed by atoms with Crippen molar-refractivity contribution in [2.45, 2.75) is 20.0 Å². The number of ether oxygens (including phenoxy) is 1. The molecule has 0 fully saturated rings. The van der Waals surface area contributed by atoms with Gasteiger partial charge < -0.3 is 10.5 Å². The summed E-state index contributed by atoms with van der Waals surface area (Å²) in [7, 11) is 0. The van der Waals surface area contributed by atoms with Crippen molar-refractivity contribution in [2.24, 2.45) is 5.73 Å². The molecule has 1 heterocycles. The minimum atomic E-state index is -0.284. The number of amides is 1. The molecule has 0 aliphatic rings. The van der Waals surface area contributed by atoms with Gasteiger partial charge in [-0.15, -0.1) is 10.2 Å². The maximum Gasteiger partial charge on any atom is 0.239 e. The highest BCUT2D eigenvalue weighted by Gasteiger charge is 2.09. The second-order valence-electron chi connectivity index (χ2n) is 4.36. The molecular weight excluding hydrogens is 276 g/mol. The Morgan fingerprint density at radius 1 is 1.35 bits per heavy atom. The summed E-state index contributed by atoms with van der Waals surface area (Å²) in [5, 5.41) is 11.7. The van der Waals surface area contributed by atoms with Gasteiger partial charge >= 0.3 is 0 Å². The second kappa shape index (κ2) is 6.44. The van der Waals surface area contributed by atoms with E-state index >= 15 is 0 Å². The molecule has 0 unspecified atom stereocenters. The molecule has 2 rings (SSSR count). The van der Waals surface area contributed by atoms with E-state index in [-0.39, 0.29) is 18.6 Å². The van der Waals surface area contributed by atoms with E-state index in [4.69, 9.17) is 10.5 Å². The van der Waals surface area contributed by atoms with Crippen LogP contribution in [0.5, 0.6) is 5.75 Å². The van der Waals surface area contributed by atoms with Gasteiger partial charge in [-0.2, -0.15) is 0 Å². The molecule has 1 aromatic heterocycles. The summed E-state index contributed by atoms with van der Waals surface area (Å²) >= 11 is 1.30. The van der Waals surface area contributed by atoms with Crippen LogP contribution in [-0.4, -0.2) is 28.8 Å². The summed E-state index contributed by atoms with van der Waals surface area (Å²) < 4.78 is 5.57. The number of benzene rings is 1. The van der Waals surface area contributed by atoms with Crippen molar-refractivity contribution in [3.05, 3.63) is 24.3 Å². The Morgan fingerprint density at radius 2 is 2.05 bits per heavy atom. The largest absolute Gasteiger partial charge is 0.491 e. The lowest BCUT2D eigenvalue weighted by Gasteiger charge is -2.09. The molecule has 20 heavy (non-hydrogen) atoms. The fraction of sp³-hybridized carbons (Fsp3) is 0.308. The van der Waals surface area contributed by atoms with Crippen molar-refractivity contribution in [1.29, 1.82) is 0 Å². The Hall–Kier alpha value is -1.99. The van der Waals surface area contributed by atoms with Crippen molar-refractivity contribution in [3.8, 4) is 16.3 Å². The van der Waals surface area contributed by atoms with E-state index in [1.807, 2.05) is 38.1 Å². The lowest BCUT2D eigenvalue weighted by molar-refractivity contribution is -0.114. The number of anilines is 1. The Morgan fingerprint density at radius 3 is 2.65 bits per heavy atom. The lowest BCUT2D eigenvalue weighted by Crippen LogP contribution is -2.21. The van der Waals surface area contributed by atoms with Crippen LogP contribution >= 0.6 is 11.3 Å². The Kier molecular flexibility index (Phi) is 4.65. The molecule has 0 spiro atoms. The van der Waals surface area contributed by atoms with E-state index in [2.05, 4.69) is 15.5 Å². The van der Waals surface area contributed by atoms with Crippen molar-refractivity contribution in [1.82, 2.24) is 10.2 Å². The SMILES string of the molecule is CC(C)Oc1ccc(-c2nnc(NC(=O)CN)s2)cc1. The van der Waals surface area contributed by atoms with E-state index in [9.17, 15) is 4.79 Å². The molecule has 0 aliphatic heterocycles. The van der Waals surface area contributed by atoms with Gasteiger partial charge in [0.05, 0.1) is 12.6 Å². The van der Waals surface area contributed by atoms with Gasteiger partial charge in [-0.05, 0) is 38.1 Å². The van der Waals surface area contributed by atoms with Gasteiger partial charge in [-0.1, -0.05) is 11.3 Å². The smallest absolute Gasteiger partial charge is 0.239 e. The molecule has 7 heteroatoms. The van der Waals surface area contributed by atoms with Crippen LogP contribution in [0.1, 0.15) is 13.8 Å². The Balaban J connectivity index is 2.10. The fourth-order valence-electron chi connectivity index (χ4n) is 1.51. The molecule has 106 valence electrons. The molecule has 0 aliphatic carbocycles. The van der Waals surface area contributed by atoms with Crippen molar-refractivity contribution < 1.29 is 9.53 Å². The quantitative estimate of drug-likeness (QED) is 0.878. The first-order valence-corrected chi connectivity index (χ1v) is 7.00. The molecule has 0 bridgehead atoms. The van der Waals surface area contributed by atoms with Gasteiger partial charge in [0, 0.05) is 5.56 Å². The summed E-state index contributed by atoms with van der Waals surface area (Å²) in [5.41, 5.74) is 6.15. The predicted molar refractivity (Wildman–Crippen MR) is 78.8 cm³/mol. The third kappa shape index (κ3) is 3.75. The maximum atomic E-state index is 11.2. The topological polar surface area (TPSA) is 90.1 Å². The van der Waals surface area contributed by atoms with Crippen LogP contribution in [0.25, 0.3) is 10.6 Å². The minimum absolute atomic E-state index is 0.0733. The van der Waals surface area contributed by atoms with Gasteiger partial charge in [-0.25, -0.2) is 0 Å². The molecule has 6 nitrogen and oxygen atoms in total. The number of nitrogens with one attached hydrogen (secondary N) is 1. The number of hydrogen-bond acceptors (Lipinski definition) is 6. The zero-order valence-corrected chi connectivity index (χ0v) is 12.1. The molecule has 0 saturated heterocycles. The third-order valence-electron chi connectivity index (χ3n) is 2.33. The van der Waals surface area contributed by atoms with Gasteiger partial charge in [0.1, 0.15) is 10.8 Å². The van der Waals surface area contributed by atoms with Crippen LogP contribution in [0.2, 0.25) is 0 Å². The summed E-state index contributed by atoms with van der Waals surface area (Å²) in [6.07, 6.45) is 0.139. The minimum Gasteiger partial charge on any atom is -0.491 e. The van der Waals surface area contributed by atoms with Gasteiger partial charge in [-0.3, -0.25) is 10.1 Å². The van der Waals surface area contributed by atoms with E-state index in [1.165, 1.54) is 11.3 Å². The molecule has 2 aromatic rings. The van der Waals surface area contributed by atoms with Crippen LogP contribution in [0.15, 0.2) is 24.3 Å². The molecule has 1 aromatic carbocycles. The standard InChI is InChI=1S/C13H16N4O2S/c1-8(2)19-10-5-3-9(4-6-10)12-16-17-13(20-12)15-11(18)7-14/h3-6,8H,7,14H2,1-2H3,(H,15,17,18). The maximum absolute atomic E-state index is 11.2. The number of nitrogens with zero attached hydrogens (tertiary/aromatic N) is 2. The number of rotatable bonds is 5. The number of carbonyl (C=O) groups excluding carboxylic acids is 1. The van der Waals surface area contributed by atoms with E-state index in [0.29, 0.717) is 5.13 Å².